The van der Waals surface area contributed by atoms with Crippen LogP contribution in [0.1, 0.15) is 29.8 Å². The molecule has 2 N–H and O–H groups in total. The second kappa shape index (κ2) is 10.3. The van der Waals surface area contributed by atoms with Crippen LogP contribution in [0.25, 0.3) is 0 Å². The normalized spacial score (nSPS) is 11.3. The predicted molar refractivity (Wildman–Crippen MR) is 122 cm³/mol. The van der Waals surface area contributed by atoms with Crippen LogP contribution in [0.3, 0.4) is 0 Å². The molecule has 0 saturated heterocycles. The van der Waals surface area contributed by atoms with Gasteiger partial charge < -0.3 is 20.1 Å². The fourth-order valence-corrected chi connectivity index (χ4v) is 2.97. The lowest BCUT2D eigenvalue weighted by Crippen LogP contribution is -2.31. The number of anilines is 2. The summed E-state index contributed by atoms with van der Waals surface area (Å²) in [6.45, 7) is 6.11. The average Bonchev–Trinajstić information content (AvgIpc) is 2.75. The number of carbonyl (C=O) groups is 2. The first kappa shape index (κ1) is 21.9. The molecule has 0 heterocycles. The summed E-state index contributed by atoms with van der Waals surface area (Å²) in [6.07, 6.45) is -0.732. The Kier molecular flexibility index (Phi) is 7.27. The van der Waals surface area contributed by atoms with Gasteiger partial charge >= 0.3 is 0 Å². The van der Waals surface area contributed by atoms with Crippen LogP contribution in [0.2, 0.25) is 0 Å². The number of carbonyl (C=O) groups excluding carboxylic acids is 2. The van der Waals surface area contributed by atoms with Crippen LogP contribution in [0.4, 0.5) is 11.4 Å². The molecular weight excluding hydrogens is 392 g/mol. The van der Waals surface area contributed by atoms with E-state index in [-0.39, 0.29) is 11.8 Å². The van der Waals surface area contributed by atoms with Crippen LogP contribution >= 0.6 is 0 Å². The van der Waals surface area contributed by atoms with E-state index in [0.29, 0.717) is 29.3 Å². The van der Waals surface area contributed by atoms with Gasteiger partial charge in [-0.15, -0.1) is 0 Å². The fraction of sp³-hybridized carbons (Fsp3) is 0.200. The van der Waals surface area contributed by atoms with Crippen molar-refractivity contribution < 1.29 is 19.1 Å². The number of nitrogens with one attached hydrogen (secondary N) is 2. The summed E-state index contributed by atoms with van der Waals surface area (Å²) in [7, 11) is 0. The molecule has 3 aromatic carbocycles. The molecule has 31 heavy (non-hydrogen) atoms. The number of para-hydroxylation sites is 1. The van der Waals surface area contributed by atoms with Crippen molar-refractivity contribution in [3.63, 3.8) is 0 Å². The quantitative estimate of drug-likeness (QED) is 0.537. The Balaban J connectivity index is 1.67. The summed E-state index contributed by atoms with van der Waals surface area (Å²) in [6, 6.07) is 21.4. The predicted octanol–water partition coefficient (Wildman–Crippen LogP) is 5.05. The lowest BCUT2D eigenvalue weighted by Gasteiger charge is -2.17. The fourth-order valence-electron chi connectivity index (χ4n) is 2.97. The molecule has 0 aliphatic rings. The van der Waals surface area contributed by atoms with Crippen LogP contribution in [0.15, 0.2) is 72.8 Å². The standard InChI is InChI=1S/C25H26N2O4/c1-4-30-20-14-12-19(13-15-20)26-25(29)22-10-5-6-11-23(22)27-24(28)18(3)31-21-9-7-8-17(2)16-21/h5-16,18H,4H2,1-3H3,(H,26,29)(H,27,28). The zero-order valence-corrected chi connectivity index (χ0v) is 17.8. The van der Waals surface area contributed by atoms with E-state index in [4.69, 9.17) is 9.47 Å². The van der Waals surface area contributed by atoms with Crippen molar-refractivity contribution in [3.8, 4) is 11.5 Å². The van der Waals surface area contributed by atoms with Crippen LogP contribution in [-0.4, -0.2) is 24.5 Å². The smallest absolute Gasteiger partial charge is 0.265 e. The van der Waals surface area contributed by atoms with Crippen LogP contribution in [0, 0.1) is 6.92 Å². The molecule has 0 saturated carbocycles. The highest BCUT2D eigenvalue weighted by molar-refractivity contribution is 6.10. The molecule has 6 nitrogen and oxygen atoms in total. The van der Waals surface area contributed by atoms with Crippen molar-refractivity contribution in [2.24, 2.45) is 0 Å². The minimum absolute atomic E-state index is 0.327. The monoisotopic (exact) mass is 418 g/mol. The Labute approximate surface area is 182 Å². The van der Waals surface area contributed by atoms with Crippen LogP contribution < -0.4 is 20.1 Å². The first-order chi connectivity index (χ1) is 15.0. The molecule has 6 heteroatoms. The third kappa shape index (κ3) is 6.09. The number of hydrogen-bond acceptors (Lipinski definition) is 4. The van der Waals surface area contributed by atoms with Crippen LogP contribution in [-0.2, 0) is 4.79 Å². The summed E-state index contributed by atoms with van der Waals surface area (Å²) in [5.74, 6) is 0.676. The van der Waals surface area contributed by atoms with Gasteiger partial charge in [0.2, 0.25) is 0 Å². The molecule has 0 bridgehead atoms. The highest BCUT2D eigenvalue weighted by Crippen LogP contribution is 2.21. The van der Waals surface area contributed by atoms with Gasteiger partial charge in [-0.05, 0) is 74.9 Å². The Hall–Kier alpha value is -3.80. The Morgan fingerprint density at radius 2 is 1.65 bits per heavy atom. The number of hydrogen-bond donors (Lipinski definition) is 2. The number of benzene rings is 3. The van der Waals surface area contributed by atoms with E-state index in [0.717, 1.165) is 11.3 Å². The molecule has 0 fully saturated rings. The van der Waals surface area contributed by atoms with Crippen LogP contribution in [0.5, 0.6) is 11.5 Å². The van der Waals surface area contributed by atoms with Gasteiger partial charge in [0.15, 0.2) is 6.10 Å². The highest BCUT2D eigenvalue weighted by atomic mass is 16.5. The van der Waals surface area contributed by atoms with Gasteiger partial charge in [0, 0.05) is 5.69 Å². The first-order valence-electron chi connectivity index (χ1n) is 10.1. The molecule has 3 aromatic rings. The maximum atomic E-state index is 12.8. The Morgan fingerprint density at radius 1 is 0.903 bits per heavy atom. The lowest BCUT2D eigenvalue weighted by molar-refractivity contribution is -0.122. The third-order valence-electron chi connectivity index (χ3n) is 4.52. The van der Waals surface area contributed by atoms with Crippen molar-refractivity contribution in [1.82, 2.24) is 0 Å². The number of aryl methyl sites for hydroxylation is 1. The molecule has 0 spiro atoms. The molecule has 0 radical (unpaired) electrons. The lowest BCUT2D eigenvalue weighted by atomic mass is 10.1. The first-order valence-corrected chi connectivity index (χ1v) is 10.1. The molecule has 0 aliphatic carbocycles. The summed E-state index contributed by atoms with van der Waals surface area (Å²) in [4.78, 5) is 25.5. The Morgan fingerprint density at radius 3 is 2.35 bits per heavy atom. The van der Waals surface area contributed by atoms with E-state index in [1.165, 1.54) is 0 Å². The molecule has 1 atom stereocenters. The minimum atomic E-state index is -0.732. The molecule has 1 unspecified atom stereocenters. The number of amides is 2. The molecular formula is C25H26N2O4. The summed E-state index contributed by atoms with van der Waals surface area (Å²) < 4.78 is 11.1. The maximum absolute atomic E-state index is 12.8. The van der Waals surface area contributed by atoms with E-state index >= 15 is 0 Å². The largest absolute Gasteiger partial charge is 0.494 e. The van der Waals surface area contributed by atoms with Gasteiger partial charge in [-0.25, -0.2) is 0 Å². The van der Waals surface area contributed by atoms with E-state index in [2.05, 4.69) is 10.6 Å². The zero-order valence-electron chi connectivity index (χ0n) is 17.8. The topological polar surface area (TPSA) is 76.7 Å². The molecule has 2 amide bonds. The second-order valence-electron chi connectivity index (χ2n) is 7.02. The maximum Gasteiger partial charge on any atom is 0.265 e. The highest BCUT2D eigenvalue weighted by Gasteiger charge is 2.18. The van der Waals surface area contributed by atoms with E-state index in [1.54, 1.807) is 61.5 Å². The molecule has 0 aromatic heterocycles. The zero-order chi connectivity index (χ0) is 22.2. The molecule has 0 aliphatic heterocycles. The molecule has 160 valence electrons. The molecule has 3 rings (SSSR count). The van der Waals surface area contributed by atoms with Gasteiger partial charge in [0.1, 0.15) is 11.5 Å². The number of rotatable bonds is 8. The van der Waals surface area contributed by atoms with Crippen molar-refractivity contribution in [2.45, 2.75) is 26.9 Å². The van der Waals surface area contributed by atoms with Crippen molar-refractivity contribution >= 4 is 23.2 Å². The second-order valence-corrected chi connectivity index (χ2v) is 7.02. The van der Waals surface area contributed by atoms with Gasteiger partial charge in [-0.2, -0.15) is 0 Å². The SMILES string of the molecule is CCOc1ccc(NC(=O)c2ccccc2NC(=O)C(C)Oc2cccc(C)c2)cc1. The van der Waals surface area contributed by atoms with E-state index in [9.17, 15) is 9.59 Å². The summed E-state index contributed by atoms with van der Waals surface area (Å²) in [5.41, 5.74) is 2.44. The van der Waals surface area contributed by atoms with Gasteiger partial charge in [-0.3, -0.25) is 9.59 Å². The Bertz CT molecular complexity index is 1050. The van der Waals surface area contributed by atoms with Crippen molar-refractivity contribution in [2.75, 3.05) is 17.2 Å². The minimum Gasteiger partial charge on any atom is -0.494 e. The number of ether oxygens (including phenoxy) is 2. The third-order valence-corrected chi connectivity index (χ3v) is 4.52. The summed E-state index contributed by atoms with van der Waals surface area (Å²) >= 11 is 0. The van der Waals surface area contributed by atoms with Gasteiger partial charge in [0.25, 0.3) is 11.8 Å². The summed E-state index contributed by atoms with van der Waals surface area (Å²) in [5, 5.41) is 5.63. The van der Waals surface area contributed by atoms with Gasteiger partial charge in [0.05, 0.1) is 17.9 Å². The van der Waals surface area contributed by atoms with E-state index in [1.807, 2.05) is 32.0 Å². The van der Waals surface area contributed by atoms with Crippen molar-refractivity contribution in [1.29, 1.82) is 0 Å². The van der Waals surface area contributed by atoms with Crippen molar-refractivity contribution in [3.05, 3.63) is 83.9 Å². The van der Waals surface area contributed by atoms with E-state index < -0.39 is 6.10 Å². The average molecular weight is 418 g/mol. The van der Waals surface area contributed by atoms with Gasteiger partial charge in [-0.1, -0.05) is 24.3 Å².